The molecule has 4 nitrogen and oxygen atoms in total. The van der Waals surface area contributed by atoms with Crippen LogP contribution in [0.5, 0.6) is 0 Å². The van der Waals surface area contributed by atoms with Crippen LogP contribution in [0.2, 0.25) is 0 Å². The van der Waals surface area contributed by atoms with Crippen LogP contribution in [-0.2, 0) is 4.79 Å². The van der Waals surface area contributed by atoms with Crippen molar-refractivity contribution >= 4 is 5.97 Å². The molecule has 4 fully saturated rings. The highest BCUT2D eigenvalue weighted by molar-refractivity contribution is 5.75. The summed E-state index contributed by atoms with van der Waals surface area (Å²) in [5.74, 6) is -0.429. The Morgan fingerprint density at radius 3 is 2.58 bits per heavy atom. The third-order valence-corrected chi connectivity index (χ3v) is 8.65. The Labute approximate surface area is 144 Å². The summed E-state index contributed by atoms with van der Waals surface area (Å²) in [5, 5.41) is 31.9. The fourth-order valence-electron chi connectivity index (χ4n) is 7.73. The summed E-state index contributed by atoms with van der Waals surface area (Å²) in [6, 6.07) is 0. The van der Waals surface area contributed by atoms with Crippen LogP contribution >= 0.6 is 0 Å². The van der Waals surface area contributed by atoms with Crippen molar-refractivity contribution in [2.45, 2.75) is 71.0 Å². The number of carboxylic acids is 1. The fraction of sp³-hybridized carbons (Fsp3) is 0.850. The molecule has 8 atom stereocenters. The quantitative estimate of drug-likeness (QED) is 0.644. The van der Waals surface area contributed by atoms with Crippen LogP contribution in [0.1, 0.15) is 58.8 Å². The Balaban J connectivity index is 1.82. The number of aliphatic carboxylic acids is 1. The average molecular weight is 334 g/mol. The molecule has 4 heteroatoms. The zero-order valence-electron chi connectivity index (χ0n) is 14.8. The predicted octanol–water partition coefficient (Wildman–Crippen LogP) is 2.98. The van der Waals surface area contributed by atoms with Gasteiger partial charge in [-0.3, -0.25) is 4.79 Å². The summed E-state index contributed by atoms with van der Waals surface area (Å²) < 4.78 is 0. The number of aliphatic hydroxyl groups excluding tert-OH is 2. The van der Waals surface area contributed by atoms with Gasteiger partial charge in [-0.15, -0.1) is 0 Å². The number of fused-ring (bicyclic) bond motifs is 3. The summed E-state index contributed by atoms with van der Waals surface area (Å²) in [5.41, 5.74) is -0.331. The molecule has 1 spiro atoms. The highest BCUT2D eigenvalue weighted by atomic mass is 16.4. The van der Waals surface area contributed by atoms with E-state index in [0.717, 1.165) is 44.1 Å². The van der Waals surface area contributed by atoms with Crippen molar-refractivity contribution in [2.24, 2.45) is 34.0 Å². The molecule has 0 aliphatic heterocycles. The first-order valence-corrected chi connectivity index (χ1v) is 9.45. The molecule has 0 heterocycles. The van der Waals surface area contributed by atoms with Crippen LogP contribution in [0, 0.1) is 34.0 Å². The third-order valence-electron chi connectivity index (χ3n) is 8.65. The molecule has 2 bridgehead atoms. The maximum absolute atomic E-state index is 12.1. The highest BCUT2D eigenvalue weighted by Gasteiger charge is 2.69. The van der Waals surface area contributed by atoms with E-state index in [1.165, 1.54) is 0 Å². The summed E-state index contributed by atoms with van der Waals surface area (Å²) in [6.07, 6.45) is 4.80. The summed E-state index contributed by atoms with van der Waals surface area (Å²) in [6.45, 7) is 8.22. The Hall–Kier alpha value is -0.870. The minimum absolute atomic E-state index is 0.0202. The molecule has 0 saturated heterocycles. The molecular weight excluding hydrogens is 304 g/mol. The lowest BCUT2D eigenvalue weighted by atomic mass is 9.40. The van der Waals surface area contributed by atoms with Gasteiger partial charge in [0.2, 0.25) is 0 Å². The van der Waals surface area contributed by atoms with Crippen molar-refractivity contribution in [1.29, 1.82) is 0 Å². The Morgan fingerprint density at radius 2 is 1.92 bits per heavy atom. The number of carbonyl (C=O) groups is 1. The first-order chi connectivity index (χ1) is 11.2. The van der Waals surface area contributed by atoms with E-state index in [2.05, 4.69) is 13.5 Å². The topological polar surface area (TPSA) is 77.8 Å². The van der Waals surface area contributed by atoms with Crippen molar-refractivity contribution in [2.75, 3.05) is 0 Å². The van der Waals surface area contributed by atoms with Gasteiger partial charge >= 0.3 is 5.97 Å². The molecule has 3 N–H and O–H groups in total. The highest BCUT2D eigenvalue weighted by Crippen LogP contribution is 2.72. The monoisotopic (exact) mass is 334 g/mol. The van der Waals surface area contributed by atoms with E-state index in [9.17, 15) is 20.1 Å². The molecule has 0 aromatic heterocycles. The predicted molar refractivity (Wildman–Crippen MR) is 90.2 cm³/mol. The van der Waals surface area contributed by atoms with Gasteiger partial charge in [-0.2, -0.15) is 0 Å². The number of carboxylic acid groups (broad SMARTS) is 1. The van der Waals surface area contributed by atoms with E-state index in [0.29, 0.717) is 6.42 Å². The zero-order valence-corrected chi connectivity index (χ0v) is 14.8. The van der Waals surface area contributed by atoms with Gasteiger partial charge in [0.15, 0.2) is 0 Å². The molecule has 0 unspecified atom stereocenters. The lowest BCUT2D eigenvalue weighted by Crippen LogP contribution is -2.63. The van der Waals surface area contributed by atoms with Gasteiger partial charge in [0.1, 0.15) is 0 Å². The van der Waals surface area contributed by atoms with Crippen molar-refractivity contribution in [3.63, 3.8) is 0 Å². The lowest BCUT2D eigenvalue weighted by Gasteiger charge is -2.64. The largest absolute Gasteiger partial charge is 0.481 e. The second-order valence-corrected chi connectivity index (χ2v) is 9.57. The first kappa shape index (κ1) is 16.6. The molecular formula is C20H30O4. The second kappa shape index (κ2) is 4.85. The summed E-state index contributed by atoms with van der Waals surface area (Å²) >= 11 is 0. The maximum atomic E-state index is 12.1. The average Bonchev–Trinajstić information content (AvgIpc) is 2.68. The number of hydrogen-bond acceptors (Lipinski definition) is 3. The van der Waals surface area contributed by atoms with Crippen LogP contribution in [0.3, 0.4) is 0 Å². The molecule has 4 saturated carbocycles. The Kier molecular flexibility index (Phi) is 3.35. The Morgan fingerprint density at radius 1 is 1.21 bits per heavy atom. The number of aliphatic hydroxyl groups is 2. The van der Waals surface area contributed by atoms with E-state index in [4.69, 9.17) is 0 Å². The molecule has 4 aliphatic carbocycles. The van der Waals surface area contributed by atoms with E-state index >= 15 is 0 Å². The SMILES string of the molecule is C=C1[C@@H]2C[C@H](O)[C@H]3[C@]4(C)CCC[C@](C)(C(=O)O)[C@H]4CC[C@]3(C2)[C@H]1O. The molecule has 24 heavy (non-hydrogen) atoms. The van der Waals surface area contributed by atoms with Crippen molar-refractivity contribution < 1.29 is 20.1 Å². The normalized spacial score (nSPS) is 56.5. The van der Waals surface area contributed by atoms with Gasteiger partial charge in [0, 0.05) is 5.41 Å². The third kappa shape index (κ3) is 1.74. The standard InChI is InChI=1S/C20H30O4/c1-11-12-9-13(21)15-18(2)6-4-7-19(3,17(23)24)14(18)5-8-20(15,10-12)16(11)22/h12-16,21-22H,1,4-10H2,2-3H3,(H,23,24)/t12-,13+,14+,15+,16+,18-,19+,20-/m1/s1. The minimum Gasteiger partial charge on any atom is -0.481 e. The second-order valence-electron chi connectivity index (χ2n) is 9.57. The van der Waals surface area contributed by atoms with E-state index in [1.54, 1.807) is 0 Å². The maximum Gasteiger partial charge on any atom is 0.309 e. The van der Waals surface area contributed by atoms with Crippen LogP contribution in [0.15, 0.2) is 12.2 Å². The smallest absolute Gasteiger partial charge is 0.309 e. The molecule has 0 radical (unpaired) electrons. The van der Waals surface area contributed by atoms with Crippen LogP contribution < -0.4 is 0 Å². The van der Waals surface area contributed by atoms with Crippen LogP contribution in [0.4, 0.5) is 0 Å². The van der Waals surface area contributed by atoms with Gasteiger partial charge in [0.25, 0.3) is 0 Å². The van der Waals surface area contributed by atoms with Gasteiger partial charge in [-0.25, -0.2) is 0 Å². The van der Waals surface area contributed by atoms with E-state index in [-0.39, 0.29) is 28.6 Å². The van der Waals surface area contributed by atoms with Crippen molar-refractivity contribution in [1.82, 2.24) is 0 Å². The van der Waals surface area contributed by atoms with E-state index < -0.39 is 23.6 Å². The van der Waals surface area contributed by atoms with Gasteiger partial charge < -0.3 is 15.3 Å². The number of rotatable bonds is 1. The fourth-order valence-corrected chi connectivity index (χ4v) is 7.73. The van der Waals surface area contributed by atoms with Crippen molar-refractivity contribution in [3.05, 3.63) is 12.2 Å². The van der Waals surface area contributed by atoms with Crippen LogP contribution in [0.25, 0.3) is 0 Å². The molecule has 4 rings (SSSR count). The zero-order chi connectivity index (χ0) is 17.5. The molecule has 134 valence electrons. The molecule has 4 aliphatic rings. The molecule has 0 aromatic carbocycles. The van der Waals surface area contributed by atoms with Gasteiger partial charge in [-0.05, 0) is 74.2 Å². The van der Waals surface area contributed by atoms with Crippen molar-refractivity contribution in [3.8, 4) is 0 Å². The summed E-state index contributed by atoms with van der Waals surface area (Å²) in [7, 11) is 0. The molecule has 0 aromatic rings. The van der Waals surface area contributed by atoms with E-state index in [1.807, 2.05) is 6.92 Å². The lowest BCUT2D eigenvalue weighted by molar-refractivity contribution is -0.212. The van der Waals surface area contributed by atoms with Gasteiger partial charge in [-0.1, -0.05) is 19.9 Å². The Bertz CT molecular complexity index is 600. The van der Waals surface area contributed by atoms with Crippen LogP contribution in [-0.4, -0.2) is 33.5 Å². The minimum atomic E-state index is -0.717. The number of hydrogen-bond donors (Lipinski definition) is 3. The molecule has 0 amide bonds. The summed E-state index contributed by atoms with van der Waals surface area (Å²) in [4.78, 5) is 12.1. The van der Waals surface area contributed by atoms with Gasteiger partial charge in [0.05, 0.1) is 17.6 Å². The first-order valence-electron chi connectivity index (χ1n) is 9.45.